The summed E-state index contributed by atoms with van der Waals surface area (Å²) in [5.74, 6) is 11.9. The van der Waals surface area contributed by atoms with Crippen LogP contribution in [0.15, 0.2) is 69.9 Å². The van der Waals surface area contributed by atoms with Crippen LogP contribution in [0.3, 0.4) is 0 Å². The van der Waals surface area contributed by atoms with E-state index in [4.69, 9.17) is 8.83 Å². The summed E-state index contributed by atoms with van der Waals surface area (Å²) in [5.41, 5.74) is 3.58. The maximum atomic E-state index is 5.30. The van der Waals surface area contributed by atoms with E-state index in [1.54, 1.807) is 12.5 Å². The van der Waals surface area contributed by atoms with Crippen molar-refractivity contribution >= 4 is 21.9 Å². The molecule has 0 spiro atoms. The zero-order valence-electron chi connectivity index (χ0n) is 11.6. The monoisotopic (exact) mass is 282 g/mol. The van der Waals surface area contributed by atoms with Gasteiger partial charge in [-0.1, -0.05) is 11.8 Å². The van der Waals surface area contributed by atoms with Crippen molar-refractivity contribution in [3.8, 4) is 23.7 Å². The van der Waals surface area contributed by atoms with E-state index in [9.17, 15) is 0 Å². The predicted molar refractivity (Wildman–Crippen MR) is 86.2 cm³/mol. The molecule has 0 atom stereocenters. The van der Waals surface area contributed by atoms with Gasteiger partial charge in [-0.3, -0.25) is 0 Å². The Morgan fingerprint density at radius 1 is 0.591 bits per heavy atom. The largest absolute Gasteiger partial charge is 0.464 e. The molecule has 102 valence electrons. The molecule has 0 aliphatic heterocycles. The highest BCUT2D eigenvalue weighted by Crippen LogP contribution is 2.17. The van der Waals surface area contributed by atoms with E-state index in [0.717, 1.165) is 33.1 Å². The summed E-state index contributed by atoms with van der Waals surface area (Å²) in [6.45, 7) is 0. The molecule has 0 radical (unpaired) electrons. The van der Waals surface area contributed by atoms with Gasteiger partial charge in [-0.15, -0.1) is 0 Å². The Kier molecular flexibility index (Phi) is 2.93. The molecule has 0 saturated carbocycles. The second-order valence-electron chi connectivity index (χ2n) is 4.85. The van der Waals surface area contributed by atoms with Gasteiger partial charge in [0, 0.05) is 21.9 Å². The van der Waals surface area contributed by atoms with Gasteiger partial charge in [0.05, 0.1) is 12.5 Å². The second kappa shape index (κ2) is 5.20. The molecular formula is C20H10O2. The van der Waals surface area contributed by atoms with E-state index >= 15 is 0 Å². The Labute approximate surface area is 127 Å². The highest BCUT2D eigenvalue weighted by atomic mass is 16.3. The molecule has 2 nitrogen and oxygen atoms in total. The summed E-state index contributed by atoms with van der Waals surface area (Å²) in [6, 6.07) is 15.5. The lowest BCUT2D eigenvalue weighted by molar-refractivity contribution is 0.615. The van der Waals surface area contributed by atoms with E-state index in [2.05, 4.69) is 23.7 Å². The Balaban J connectivity index is 1.59. The van der Waals surface area contributed by atoms with Crippen molar-refractivity contribution in [2.24, 2.45) is 0 Å². The van der Waals surface area contributed by atoms with Crippen molar-refractivity contribution in [3.63, 3.8) is 0 Å². The summed E-state index contributed by atoms with van der Waals surface area (Å²) in [5, 5.41) is 2.09. The third-order valence-electron chi connectivity index (χ3n) is 3.38. The molecule has 0 aliphatic carbocycles. The van der Waals surface area contributed by atoms with Crippen LogP contribution in [0.25, 0.3) is 21.9 Å². The van der Waals surface area contributed by atoms with Crippen molar-refractivity contribution in [3.05, 3.63) is 72.2 Å². The molecule has 0 amide bonds. The number of hydrogen-bond acceptors (Lipinski definition) is 2. The van der Waals surface area contributed by atoms with Gasteiger partial charge in [0.1, 0.15) is 11.2 Å². The Hall–Kier alpha value is -3.36. The van der Waals surface area contributed by atoms with Crippen LogP contribution in [0.5, 0.6) is 0 Å². The number of benzene rings is 2. The fourth-order valence-corrected chi connectivity index (χ4v) is 2.30. The third kappa shape index (κ3) is 2.35. The molecule has 0 fully saturated rings. The second-order valence-corrected chi connectivity index (χ2v) is 4.85. The summed E-state index contributed by atoms with van der Waals surface area (Å²) in [6.07, 6.45) is 3.35. The van der Waals surface area contributed by atoms with Crippen LogP contribution >= 0.6 is 0 Å². The number of rotatable bonds is 0. The molecular weight excluding hydrogens is 272 g/mol. The van der Waals surface area contributed by atoms with Crippen LogP contribution in [-0.4, -0.2) is 0 Å². The first kappa shape index (κ1) is 12.4. The summed E-state index contributed by atoms with van der Waals surface area (Å²) in [7, 11) is 0. The molecule has 2 heterocycles. The van der Waals surface area contributed by atoms with Crippen LogP contribution < -0.4 is 0 Å². The minimum absolute atomic E-state index is 0.866. The van der Waals surface area contributed by atoms with Crippen LogP contribution in [0.2, 0.25) is 0 Å². The molecule has 4 rings (SSSR count). The Bertz CT molecular complexity index is 998. The van der Waals surface area contributed by atoms with Gasteiger partial charge < -0.3 is 8.83 Å². The van der Waals surface area contributed by atoms with E-state index in [1.165, 1.54) is 0 Å². The minimum Gasteiger partial charge on any atom is -0.464 e. The van der Waals surface area contributed by atoms with Gasteiger partial charge in [0.25, 0.3) is 0 Å². The van der Waals surface area contributed by atoms with Gasteiger partial charge in [-0.2, -0.15) is 0 Å². The average Bonchev–Trinajstić information content (AvgIpc) is 3.19. The van der Waals surface area contributed by atoms with Gasteiger partial charge >= 0.3 is 0 Å². The molecule has 0 unspecified atom stereocenters. The molecule has 22 heavy (non-hydrogen) atoms. The van der Waals surface area contributed by atoms with Gasteiger partial charge in [0.15, 0.2) is 0 Å². The third-order valence-corrected chi connectivity index (χ3v) is 3.38. The first-order valence-corrected chi connectivity index (χ1v) is 6.85. The minimum atomic E-state index is 0.866. The maximum absolute atomic E-state index is 5.30. The molecule has 2 aromatic carbocycles. The number of hydrogen-bond donors (Lipinski definition) is 0. The lowest BCUT2D eigenvalue weighted by Gasteiger charge is -1.90. The normalized spacial score (nSPS) is 10.0. The van der Waals surface area contributed by atoms with Crippen molar-refractivity contribution in [1.29, 1.82) is 0 Å². The lowest BCUT2D eigenvalue weighted by Crippen LogP contribution is -1.74. The highest BCUT2D eigenvalue weighted by Gasteiger charge is 1.96. The molecule has 0 saturated heterocycles. The fraction of sp³-hybridized carbons (Fsp3) is 0. The average molecular weight is 282 g/mol. The van der Waals surface area contributed by atoms with Gasteiger partial charge in [-0.25, -0.2) is 0 Å². The SMILES string of the molecule is C(C#Cc1ccc2occc2c1)#Cc1ccc2occc2c1. The Morgan fingerprint density at radius 2 is 1.09 bits per heavy atom. The zero-order chi connectivity index (χ0) is 14.8. The smallest absolute Gasteiger partial charge is 0.133 e. The van der Waals surface area contributed by atoms with Crippen LogP contribution in [-0.2, 0) is 0 Å². The topological polar surface area (TPSA) is 26.3 Å². The molecule has 0 aliphatic rings. The molecule has 2 heteroatoms. The molecule has 0 N–H and O–H groups in total. The first-order chi connectivity index (χ1) is 10.9. The number of fused-ring (bicyclic) bond motifs is 2. The maximum Gasteiger partial charge on any atom is 0.133 e. The van der Waals surface area contributed by atoms with E-state index < -0.39 is 0 Å². The van der Waals surface area contributed by atoms with Crippen molar-refractivity contribution in [2.45, 2.75) is 0 Å². The van der Waals surface area contributed by atoms with Crippen LogP contribution in [0.4, 0.5) is 0 Å². The summed E-state index contributed by atoms with van der Waals surface area (Å²) < 4.78 is 10.6. The standard InChI is InChI=1S/C20H10O2/c1(3-15-5-7-19-17(13-15)9-11-21-19)2-4-16-6-8-20-18(14-16)10-12-22-20/h5-14H. The highest BCUT2D eigenvalue weighted by molar-refractivity contribution is 5.79. The lowest BCUT2D eigenvalue weighted by atomic mass is 10.1. The molecule has 2 aromatic heterocycles. The first-order valence-electron chi connectivity index (χ1n) is 6.85. The Morgan fingerprint density at radius 3 is 1.59 bits per heavy atom. The summed E-state index contributed by atoms with van der Waals surface area (Å²) in [4.78, 5) is 0. The van der Waals surface area contributed by atoms with E-state index in [0.29, 0.717) is 0 Å². The van der Waals surface area contributed by atoms with Gasteiger partial charge in [0.2, 0.25) is 0 Å². The van der Waals surface area contributed by atoms with E-state index in [-0.39, 0.29) is 0 Å². The van der Waals surface area contributed by atoms with Crippen molar-refractivity contribution < 1.29 is 8.83 Å². The van der Waals surface area contributed by atoms with Crippen molar-refractivity contribution in [2.75, 3.05) is 0 Å². The summed E-state index contributed by atoms with van der Waals surface area (Å²) >= 11 is 0. The molecule has 0 bridgehead atoms. The number of furan rings is 2. The predicted octanol–water partition coefficient (Wildman–Crippen LogP) is 4.58. The van der Waals surface area contributed by atoms with Crippen LogP contribution in [0, 0.1) is 23.7 Å². The zero-order valence-corrected chi connectivity index (χ0v) is 11.6. The van der Waals surface area contributed by atoms with Crippen molar-refractivity contribution in [1.82, 2.24) is 0 Å². The van der Waals surface area contributed by atoms with E-state index in [1.807, 2.05) is 48.5 Å². The van der Waals surface area contributed by atoms with Gasteiger partial charge in [-0.05, 0) is 60.4 Å². The molecule has 4 aromatic rings. The fourth-order valence-electron chi connectivity index (χ4n) is 2.30. The van der Waals surface area contributed by atoms with Crippen LogP contribution in [0.1, 0.15) is 11.1 Å². The quantitative estimate of drug-likeness (QED) is 0.441.